The standard InChI is InChI=1S/C20H15F4N3O2/c1-27-17(28)20(26-19(27)25,13-4-7-15(8-5-13)29-18(23)24)14-6-9-16(22)12(11-14)3-2-10-21/h4-9,11,18H,10H2,1H3,(H2,25,26)/t20-/m1/s1. The third-order valence-corrected chi connectivity index (χ3v) is 4.41. The van der Waals surface area contributed by atoms with Crippen LogP contribution in [0.5, 0.6) is 5.75 Å². The molecule has 1 atom stereocenters. The maximum Gasteiger partial charge on any atom is 0.387 e. The molecule has 0 aliphatic carbocycles. The number of rotatable bonds is 4. The number of benzene rings is 2. The lowest BCUT2D eigenvalue weighted by molar-refractivity contribution is -0.129. The van der Waals surface area contributed by atoms with Crippen LogP contribution >= 0.6 is 0 Å². The lowest BCUT2D eigenvalue weighted by atomic mass is 9.82. The third-order valence-electron chi connectivity index (χ3n) is 4.41. The van der Waals surface area contributed by atoms with Crippen molar-refractivity contribution in [2.45, 2.75) is 12.2 Å². The number of carbonyl (C=O) groups excluding carboxylic acids is 1. The van der Waals surface area contributed by atoms with Gasteiger partial charge in [-0.25, -0.2) is 13.8 Å². The fourth-order valence-electron chi connectivity index (χ4n) is 3.04. The summed E-state index contributed by atoms with van der Waals surface area (Å²) >= 11 is 0. The minimum Gasteiger partial charge on any atom is -0.435 e. The van der Waals surface area contributed by atoms with Gasteiger partial charge in [0.25, 0.3) is 5.91 Å². The number of hydrogen-bond donors (Lipinski definition) is 1. The summed E-state index contributed by atoms with van der Waals surface area (Å²) in [5, 5.41) is 0. The minimum absolute atomic E-state index is 0.0800. The highest BCUT2D eigenvalue weighted by Crippen LogP contribution is 2.40. The van der Waals surface area contributed by atoms with Gasteiger partial charge < -0.3 is 10.5 Å². The van der Waals surface area contributed by atoms with Gasteiger partial charge >= 0.3 is 6.61 Å². The molecule has 0 radical (unpaired) electrons. The maximum absolute atomic E-state index is 14.1. The van der Waals surface area contributed by atoms with Crippen molar-refractivity contribution < 1.29 is 27.1 Å². The normalized spacial score (nSPS) is 18.5. The second kappa shape index (κ2) is 7.83. The molecule has 0 unspecified atom stereocenters. The first kappa shape index (κ1) is 20.2. The number of aliphatic imine (C=N–C) groups is 1. The molecule has 0 bridgehead atoms. The molecule has 0 fully saturated rings. The average Bonchev–Trinajstić information content (AvgIpc) is 2.92. The van der Waals surface area contributed by atoms with Crippen LogP contribution in [-0.4, -0.2) is 37.1 Å². The number of guanidine groups is 1. The quantitative estimate of drug-likeness (QED) is 0.628. The van der Waals surface area contributed by atoms with Gasteiger partial charge in [-0.05, 0) is 35.4 Å². The van der Waals surface area contributed by atoms with Crippen molar-refractivity contribution in [1.29, 1.82) is 0 Å². The number of alkyl halides is 3. The van der Waals surface area contributed by atoms with Crippen molar-refractivity contribution in [3.8, 4) is 17.6 Å². The zero-order valence-electron chi connectivity index (χ0n) is 15.1. The van der Waals surface area contributed by atoms with Crippen LogP contribution in [-0.2, 0) is 10.3 Å². The van der Waals surface area contributed by atoms with E-state index in [1.807, 2.05) is 0 Å². The predicted octanol–water partition coefficient (Wildman–Crippen LogP) is 2.78. The molecular formula is C20H15F4N3O2. The molecule has 9 heteroatoms. The molecule has 2 aromatic rings. The molecule has 1 aliphatic rings. The lowest BCUT2D eigenvalue weighted by Crippen LogP contribution is -2.41. The Kier molecular flexibility index (Phi) is 5.46. The Morgan fingerprint density at radius 1 is 1.21 bits per heavy atom. The summed E-state index contributed by atoms with van der Waals surface area (Å²) in [4.78, 5) is 18.5. The number of carbonyl (C=O) groups is 1. The zero-order valence-corrected chi connectivity index (χ0v) is 15.1. The third kappa shape index (κ3) is 3.61. The number of ether oxygens (including phenoxy) is 1. The monoisotopic (exact) mass is 405 g/mol. The summed E-state index contributed by atoms with van der Waals surface area (Å²) in [7, 11) is 1.42. The Hall–Kier alpha value is -3.54. The minimum atomic E-state index is -3.00. The van der Waals surface area contributed by atoms with Gasteiger partial charge in [-0.15, -0.1) is 0 Å². The van der Waals surface area contributed by atoms with Crippen LogP contribution in [0.25, 0.3) is 0 Å². The van der Waals surface area contributed by atoms with Crippen LogP contribution < -0.4 is 10.5 Å². The van der Waals surface area contributed by atoms with Gasteiger partial charge in [0.15, 0.2) is 18.2 Å². The number of halogens is 4. The van der Waals surface area contributed by atoms with Crippen LogP contribution in [0.3, 0.4) is 0 Å². The Bertz CT molecular complexity index is 1030. The summed E-state index contributed by atoms with van der Waals surface area (Å²) in [6.07, 6.45) is 0. The van der Waals surface area contributed by atoms with E-state index in [1.165, 1.54) is 43.4 Å². The van der Waals surface area contributed by atoms with E-state index in [2.05, 4.69) is 21.6 Å². The number of amides is 1. The zero-order chi connectivity index (χ0) is 21.2. The molecule has 5 nitrogen and oxygen atoms in total. The van der Waals surface area contributed by atoms with Crippen LogP contribution in [0.15, 0.2) is 47.5 Å². The molecule has 150 valence electrons. The van der Waals surface area contributed by atoms with Crippen LogP contribution in [0.1, 0.15) is 16.7 Å². The molecule has 2 N–H and O–H groups in total. The highest BCUT2D eigenvalue weighted by molar-refractivity contribution is 6.08. The van der Waals surface area contributed by atoms with Gasteiger partial charge in [-0.3, -0.25) is 9.69 Å². The van der Waals surface area contributed by atoms with Crippen molar-refractivity contribution in [2.75, 3.05) is 13.7 Å². The van der Waals surface area contributed by atoms with Gasteiger partial charge in [0.05, 0.1) is 5.56 Å². The van der Waals surface area contributed by atoms with Crippen LogP contribution in [0.2, 0.25) is 0 Å². The predicted molar refractivity (Wildman–Crippen MR) is 97.5 cm³/mol. The highest BCUT2D eigenvalue weighted by atomic mass is 19.3. The molecule has 1 amide bonds. The van der Waals surface area contributed by atoms with E-state index in [-0.39, 0.29) is 22.8 Å². The van der Waals surface area contributed by atoms with E-state index in [1.54, 1.807) is 0 Å². The Morgan fingerprint density at radius 2 is 1.86 bits per heavy atom. The van der Waals surface area contributed by atoms with Gasteiger partial charge in [0.2, 0.25) is 0 Å². The van der Waals surface area contributed by atoms with Crippen molar-refractivity contribution in [3.63, 3.8) is 0 Å². The first-order valence-electron chi connectivity index (χ1n) is 8.33. The SMILES string of the molecule is CN1C(=O)[C@@](c2ccc(OC(F)F)cc2)(c2ccc(F)c(C#CCF)c2)N=C1N. The summed E-state index contributed by atoms with van der Waals surface area (Å²) < 4.78 is 55.6. The molecule has 2 aromatic carbocycles. The summed E-state index contributed by atoms with van der Waals surface area (Å²) in [6.45, 7) is -3.97. The first-order valence-corrected chi connectivity index (χ1v) is 8.33. The van der Waals surface area contributed by atoms with Gasteiger partial charge in [-0.1, -0.05) is 30.0 Å². The number of nitrogens with zero attached hydrogens (tertiary/aromatic N) is 2. The molecule has 0 saturated carbocycles. The number of hydrogen-bond acceptors (Lipinski definition) is 4. The van der Waals surface area contributed by atoms with Crippen molar-refractivity contribution in [3.05, 3.63) is 65.0 Å². The summed E-state index contributed by atoms with van der Waals surface area (Å²) in [5.74, 6) is 3.07. The molecule has 0 saturated heterocycles. The van der Waals surface area contributed by atoms with Gasteiger partial charge in [0, 0.05) is 7.05 Å². The molecule has 1 heterocycles. The topological polar surface area (TPSA) is 67.9 Å². The number of nitrogens with two attached hydrogens (primary N) is 1. The van der Waals surface area contributed by atoms with Gasteiger partial charge in [-0.2, -0.15) is 8.78 Å². The van der Waals surface area contributed by atoms with E-state index in [0.717, 1.165) is 11.0 Å². The second-order valence-corrected chi connectivity index (χ2v) is 6.08. The maximum atomic E-state index is 14.1. The molecule has 0 spiro atoms. The first-order chi connectivity index (χ1) is 13.8. The van der Waals surface area contributed by atoms with Crippen LogP contribution in [0.4, 0.5) is 17.6 Å². The largest absolute Gasteiger partial charge is 0.435 e. The number of likely N-dealkylation sites (N-methyl/N-ethyl adjacent to an activating group) is 1. The molecule has 0 aromatic heterocycles. The van der Waals surface area contributed by atoms with Crippen molar-refractivity contribution in [2.24, 2.45) is 10.7 Å². The average molecular weight is 405 g/mol. The van der Waals surface area contributed by atoms with Crippen molar-refractivity contribution in [1.82, 2.24) is 4.90 Å². The van der Waals surface area contributed by atoms with E-state index in [4.69, 9.17) is 5.73 Å². The highest BCUT2D eigenvalue weighted by Gasteiger charge is 2.49. The second-order valence-electron chi connectivity index (χ2n) is 6.08. The molecular weight excluding hydrogens is 390 g/mol. The molecule has 29 heavy (non-hydrogen) atoms. The summed E-state index contributed by atoms with van der Waals surface area (Å²) in [6, 6.07) is 9.01. The Balaban J connectivity index is 2.18. The smallest absolute Gasteiger partial charge is 0.387 e. The van der Waals surface area contributed by atoms with E-state index >= 15 is 0 Å². The molecule has 1 aliphatic heterocycles. The lowest BCUT2D eigenvalue weighted by Gasteiger charge is -2.26. The van der Waals surface area contributed by atoms with Crippen LogP contribution in [0, 0.1) is 17.7 Å². The Morgan fingerprint density at radius 3 is 2.41 bits per heavy atom. The summed E-state index contributed by atoms with van der Waals surface area (Å²) in [5.41, 5.74) is 4.58. The fourth-order valence-corrected chi connectivity index (χ4v) is 3.04. The van der Waals surface area contributed by atoms with Crippen molar-refractivity contribution >= 4 is 11.9 Å². The van der Waals surface area contributed by atoms with E-state index < -0.39 is 30.5 Å². The Labute approximate surface area is 163 Å². The molecule has 3 rings (SSSR count). The fraction of sp³-hybridized carbons (Fsp3) is 0.200. The van der Waals surface area contributed by atoms with E-state index in [9.17, 15) is 22.4 Å². The van der Waals surface area contributed by atoms with E-state index in [0.29, 0.717) is 5.56 Å². The van der Waals surface area contributed by atoms with Gasteiger partial charge in [0.1, 0.15) is 11.6 Å².